The third-order valence-electron chi connectivity index (χ3n) is 3.79. The summed E-state index contributed by atoms with van der Waals surface area (Å²) in [7, 11) is 0. The lowest BCUT2D eigenvalue weighted by molar-refractivity contribution is -0.137. The number of rotatable bonds is 0. The second kappa shape index (κ2) is 3.35. The zero-order valence-corrected chi connectivity index (χ0v) is 10.0. The molecule has 2 aliphatic heterocycles. The van der Waals surface area contributed by atoms with E-state index in [1.807, 2.05) is 30.3 Å². The largest absolute Gasteiger partial charge is 0.461 e. The van der Waals surface area contributed by atoms with Crippen LogP contribution in [0.2, 0.25) is 0 Å². The summed E-state index contributed by atoms with van der Waals surface area (Å²) in [5.41, 5.74) is 0.406. The first-order chi connectivity index (χ1) is 9.20. The fraction of sp³-hybridized carbons (Fsp3) is 0.200. The molecular formula is C15H10O4. The molecule has 0 radical (unpaired) electrons. The summed E-state index contributed by atoms with van der Waals surface area (Å²) >= 11 is 0. The summed E-state index contributed by atoms with van der Waals surface area (Å²) in [5.74, 6) is -0.701. The Morgan fingerprint density at radius 2 is 1.89 bits per heavy atom. The van der Waals surface area contributed by atoms with Crippen molar-refractivity contribution in [2.24, 2.45) is 0 Å². The van der Waals surface area contributed by atoms with E-state index in [9.17, 15) is 9.59 Å². The van der Waals surface area contributed by atoms with Gasteiger partial charge in [0, 0.05) is 5.56 Å². The van der Waals surface area contributed by atoms with Crippen LogP contribution in [0.4, 0.5) is 0 Å². The summed E-state index contributed by atoms with van der Waals surface area (Å²) in [6.45, 7) is 0.110. The van der Waals surface area contributed by atoms with E-state index in [-0.39, 0.29) is 25.0 Å². The van der Waals surface area contributed by atoms with Gasteiger partial charge in [0.25, 0.3) is 0 Å². The molecular weight excluding hydrogens is 244 g/mol. The van der Waals surface area contributed by atoms with E-state index >= 15 is 0 Å². The Bertz CT molecular complexity index is 734. The van der Waals surface area contributed by atoms with Crippen molar-refractivity contribution in [3.05, 3.63) is 47.5 Å². The van der Waals surface area contributed by atoms with E-state index in [4.69, 9.17) is 9.47 Å². The van der Waals surface area contributed by atoms with Gasteiger partial charge in [-0.1, -0.05) is 30.3 Å². The molecule has 0 aromatic heterocycles. The van der Waals surface area contributed by atoms with Crippen LogP contribution in [0.15, 0.2) is 36.4 Å². The van der Waals surface area contributed by atoms with Crippen LogP contribution in [0.5, 0.6) is 0 Å². The number of esters is 2. The molecule has 4 heteroatoms. The lowest BCUT2D eigenvalue weighted by atomic mass is 9.87. The van der Waals surface area contributed by atoms with Crippen molar-refractivity contribution in [3.8, 4) is 0 Å². The molecule has 19 heavy (non-hydrogen) atoms. The average molecular weight is 254 g/mol. The number of fused-ring (bicyclic) bond motifs is 4. The van der Waals surface area contributed by atoms with Crippen molar-refractivity contribution in [1.29, 1.82) is 0 Å². The third-order valence-corrected chi connectivity index (χ3v) is 3.79. The minimum atomic E-state index is -0.926. The number of cyclic esters (lactones) is 1. The molecule has 1 unspecified atom stereocenters. The van der Waals surface area contributed by atoms with Crippen LogP contribution < -0.4 is 0 Å². The van der Waals surface area contributed by atoms with Crippen LogP contribution in [-0.2, 0) is 19.9 Å². The monoisotopic (exact) mass is 254 g/mol. The van der Waals surface area contributed by atoms with E-state index in [1.54, 1.807) is 6.07 Å². The Morgan fingerprint density at radius 1 is 1.05 bits per heavy atom. The molecule has 2 aromatic rings. The van der Waals surface area contributed by atoms with Gasteiger partial charge >= 0.3 is 11.9 Å². The van der Waals surface area contributed by atoms with E-state index in [0.29, 0.717) is 5.56 Å². The first-order valence-electron chi connectivity index (χ1n) is 6.11. The quantitative estimate of drug-likeness (QED) is 0.676. The van der Waals surface area contributed by atoms with Crippen molar-refractivity contribution >= 4 is 22.7 Å². The Balaban J connectivity index is 2.07. The molecule has 0 aliphatic carbocycles. The van der Waals surface area contributed by atoms with Gasteiger partial charge in [0.05, 0.1) is 12.0 Å². The van der Waals surface area contributed by atoms with Gasteiger partial charge < -0.3 is 9.47 Å². The van der Waals surface area contributed by atoms with Gasteiger partial charge in [-0.2, -0.15) is 0 Å². The van der Waals surface area contributed by atoms with Gasteiger partial charge in [-0.15, -0.1) is 0 Å². The molecule has 1 spiro atoms. The average Bonchev–Trinajstić information content (AvgIpc) is 2.92. The first kappa shape index (κ1) is 10.6. The molecule has 4 rings (SSSR count). The number of ether oxygens (including phenoxy) is 2. The minimum Gasteiger partial charge on any atom is -0.461 e. The molecule has 1 fully saturated rings. The summed E-state index contributed by atoms with van der Waals surface area (Å²) in [6.07, 6.45) is 0.0970. The Morgan fingerprint density at radius 3 is 2.68 bits per heavy atom. The Labute approximate surface area is 108 Å². The zero-order chi connectivity index (χ0) is 13.0. The molecule has 0 N–H and O–H groups in total. The van der Waals surface area contributed by atoms with Crippen LogP contribution in [0.1, 0.15) is 22.3 Å². The molecule has 2 aromatic carbocycles. The van der Waals surface area contributed by atoms with E-state index in [1.165, 1.54) is 0 Å². The Kier molecular flexibility index (Phi) is 1.86. The maximum absolute atomic E-state index is 12.0. The van der Waals surface area contributed by atoms with Gasteiger partial charge in [0.15, 0.2) is 5.60 Å². The van der Waals surface area contributed by atoms with Crippen molar-refractivity contribution in [2.45, 2.75) is 12.0 Å². The highest BCUT2D eigenvalue weighted by atomic mass is 16.6. The maximum atomic E-state index is 12.0. The molecule has 1 atom stereocenters. The lowest BCUT2D eigenvalue weighted by Gasteiger charge is -2.20. The fourth-order valence-electron chi connectivity index (χ4n) is 2.97. The standard InChI is InChI=1S/C15H10O4/c16-12-7-15(8-18-12)13-10-4-2-1-3-9(10)5-6-11(13)14(17)19-15/h1-6H,7-8H2. The van der Waals surface area contributed by atoms with E-state index in [2.05, 4.69) is 0 Å². The maximum Gasteiger partial charge on any atom is 0.339 e. The predicted octanol–water partition coefficient (Wildman–Crippen LogP) is 2.15. The normalized spacial score (nSPS) is 24.6. The van der Waals surface area contributed by atoms with E-state index in [0.717, 1.165) is 16.3 Å². The van der Waals surface area contributed by atoms with Crippen LogP contribution in [0.3, 0.4) is 0 Å². The Hall–Kier alpha value is -2.36. The summed E-state index contributed by atoms with van der Waals surface area (Å²) in [6, 6.07) is 11.4. The number of benzene rings is 2. The van der Waals surface area contributed by atoms with Gasteiger partial charge in [0.2, 0.25) is 0 Å². The smallest absolute Gasteiger partial charge is 0.339 e. The van der Waals surface area contributed by atoms with Crippen LogP contribution in [-0.4, -0.2) is 18.5 Å². The van der Waals surface area contributed by atoms with Crippen LogP contribution in [0, 0.1) is 0 Å². The van der Waals surface area contributed by atoms with Crippen molar-refractivity contribution in [2.75, 3.05) is 6.61 Å². The third kappa shape index (κ3) is 1.28. The minimum absolute atomic E-state index is 0.0970. The topological polar surface area (TPSA) is 52.6 Å². The molecule has 0 bridgehead atoms. The SMILES string of the molecule is O=C1CC2(CO1)OC(=O)c1ccc3ccccc3c12. The molecule has 0 amide bonds. The zero-order valence-electron chi connectivity index (χ0n) is 10.0. The van der Waals surface area contributed by atoms with Crippen molar-refractivity contribution in [1.82, 2.24) is 0 Å². The van der Waals surface area contributed by atoms with E-state index < -0.39 is 5.60 Å². The van der Waals surface area contributed by atoms with Crippen LogP contribution >= 0.6 is 0 Å². The predicted molar refractivity (Wildman–Crippen MR) is 66.6 cm³/mol. The van der Waals surface area contributed by atoms with Gasteiger partial charge in [0.1, 0.15) is 6.61 Å². The highest BCUT2D eigenvalue weighted by molar-refractivity contribution is 6.03. The van der Waals surface area contributed by atoms with Gasteiger partial charge in [-0.05, 0) is 16.8 Å². The van der Waals surface area contributed by atoms with Crippen LogP contribution in [0.25, 0.3) is 10.8 Å². The fourth-order valence-corrected chi connectivity index (χ4v) is 2.97. The lowest BCUT2D eigenvalue weighted by Crippen LogP contribution is -2.26. The van der Waals surface area contributed by atoms with Crippen molar-refractivity contribution in [3.63, 3.8) is 0 Å². The molecule has 2 heterocycles. The summed E-state index contributed by atoms with van der Waals surface area (Å²) in [4.78, 5) is 23.4. The molecule has 4 nitrogen and oxygen atoms in total. The number of carbonyl (C=O) groups is 2. The number of hydrogen-bond donors (Lipinski definition) is 0. The summed E-state index contributed by atoms with van der Waals surface area (Å²) < 4.78 is 10.5. The summed E-state index contributed by atoms with van der Waals surface area (Å²) in [5, 5.41) is 1.97. The molecule has 94 valence electrons. The molecule has 0 saturated carbocycles. The number of hydrogen-bond acceptors (Lipinski definition) is 4. The molecule has 1 saturated heterocycles. The number of carbonyl (C=O) groups excluding carboxylic acids is 2. The first-order valence-corrected chi connectivity index (χ1v) is 6.11. The highest BCUT2D eigenvalue weighted by Gasteiger charge is 2.53. The van der Waals surface area contributed by atoms with Gasteiger partial charge in [-0.3, -0.25) is 4.79 Å². The van der Waals surface area contributed by atoms with Gasteiger partial charge in [-0.25, -0.2) is 4.79 Å². The second-order valence-electron chi connectivity index (χ2n) is 4.93. The van der Waals surface area contributed by atoms with Crippen molar-refractivity contribution < 1.29 is 19.1 Å². The second-order valence-corrected chi connectivity index (χ2v) is 4.93. The molecule has 2 aliphatic rings. The highest BCUT2D eigenvalue weighted by Crippen LogP contribution is 2.46.